The molecular weight excluding hydrogens is 358 g/mol. The molecule has 2 aromatic rings. The molecule has 2 aromatic carbocycles. The smallest absolute Gasteiger partial charge is 0.264 e. The highest BCUT2D eigenvalue weighted by molar-refractivity contribution is 8.18. The molecule has 1 saturated heterocycles. The van der Waals surface area contributed by atoms with Crippen LogP contribution in [-0.4, -0.2) is 11.1 Å². The molecule has 3 nitrogen and oxygen atoms in total. The maximum absolute atomic E-state index is 13.6. The summed E-state index contributed by atoms with van der Waals surface area (Å²) in [4.78, 5) is 16.5. The second-order valence-electron chi connectivity index (χ2n) is 4.58. The summed E-state index contributed by atoms with van der Waals surface area (Å²) in [5.41, 5.74) is 0.793. The minimum Gasteiger partial charge on any atom is -0.300 e. The van der Waals surface area contributed by atoms with Gasteiger partial charge in [-0.15, -0.1) is 0 Å². The third-order valence-electron chi connectivity index (χ3n) is 2.99. The van der Waals surface area contributed by atoms with Crippen LogP contribution in [0.3, 0.4) is 0 Å². The van der Waals surface area contributed by atoms with Crippen molar-refractivity contribution in [2.45, 2.75) is 0 Å². The first-order chi connectivity index (χ1) is 11.0. The molecule has 0 saturated carbocycles. The van der Waals surface area contributed by atoms with Crippen molar-refractivity contribution in [1.29, 1.82) is 0 Å². The van der Waals surface area contributed by atoms with E-state index in [0.717, 1.165) is 11.8 Å². The third kappa shape index (κ3) is 3.58. The number of amides is 1. The molecule has 1 amide bonds. The first kappa shape index (κ1) is 16.1. The Morgan fingerprint density at radius 1 is 1.13 bits per heavy atom. The van der Waals surface area contributed by atoms with Crippen molar-refractivity contribution in [2.75, 3.05) is 0 Å². The number of hydrogen-bond donors (Lipinski definition) is 1. The molecule has 1 aliphatic rings. The Labute approximate surface area is 146 Å². The normalized spacial score (nSPS) is 17.8. The summed E-state index contributed by atoms with van der Waals surface area (Å²) in [5, 5.41) is 3.68. The first-order valence-corrected chi connectivity index (χ1v) is 8.10. The van der Waals surface area contributed by atoms with Crippen LogP contribution in [0.4, 0.5) is 10.1 Å². The monoisotopic (exact) mass is 366 g/mol. The minimum atomic E-state index is -0.454. The number of benzene rings is 2. The van der Waals surface area contributed by atoms with E-state index >= 15 is 0 Å². The lowest BCUT2D eigenvalue weighted by molar-refractivity contribution is -0.115. The molecule has 0 radical (unpaired) electrons. The Balaban J connectivity index is 1.90. The van der Waals surface area contributed by atoms with E-state index < -0.39 is 5.82 Å². The van der Waals surface area contributed by atoms with Gasteiger partial charge >= 0.3 is 0 Å². The molecule has 0 aromatic heterocycles. The van der Waals surface area contributed by atoms with Gasteiger partial charge in [-0.2, -0.15) is 0 Å². The van der Waals surface area contributed by atoms with Gasteiger partial charge in [-0.25, -0.2) is 9.38 Å². The van der Waals surface area contributed by atoms with E-state index in [1.807, 2.05) is 0 Å². The molecule has 1 aliphatic heterocycles. The second kappa shape index (κ2) is 6.74. The van der Waals surface area contributed by atoms with Crippen molar-refractivity contribution in [2.24, 2.45) is 4.99 Å². The predicted octanol–water partition coefficient (Wildman–Crippen LogP) is 5.02. The number of halogens is 3. The van der Waals surface area contributed by atoms with Crippen molar-refractivity contribution in [3.8, 4) is 0 Å². The maximum Gasteiger partial charge on any atom is 0.264 e. The SMILES string of the molecule is O=C1NC(=Nc2ccccc2F)S/C1=C\c1cccc(Cl)c1Cl. The van der Waals surface area contributed by atoms with Gasteiger partial charge in [-0.3, -0.25) is 4.79 Å². The number of aliphatic imine (C=N–C) groups is 1. The molecule has 1 heterocycles. The topological polar surface area (TPSA) is 41.5 Å². The molecule has 0 bridgehead atoms. The third-order valence-corrected chi connectivity index (χ3v) is 4.74. The Morgan fingerprint density at radius 2 is 1.91 bits per heavy atom. The van der Waals surface area contributed by atoms with E-state index in [1.165, 1.54) is 12.1 Å². The zero-order valence-electron chi connectivity index (χ0n) is 11.5. The molecule has 3 rings (SSSR count). The number of thioether (sulfide) groups is 1. The van der Waals surface area contributed by atoms with E-state index in [-0.39, 0.29) is 11.6 Å². The van der Waals surface area contributed by atoms with E-state index in [4.69, 9.17) is 23.2 Å². The average Bonchev–Trinajstić information content (AvgIpc) is 2.86. The fourth-order valence-electron chi connectivity index (χ4n) is 1.91. The fourth-order valence-corrected chi connectivity index (χ4v) is 3.09. The van der Waals surface area contributed by atoms with Crippen LogP contribution in [0.15, 0.2) is 52.4 Å². The van der Waals surface area contributed by atoms with Crippen molar-refractivity contribution in [3.05, 3.63) is 68.8 Å². The molecule has 7 heteroatoms. The number of amidine groups is 1. The summed E-state index contributed by atoms with van der Waals surface area (Å²) < 4.78 is 13.6. The maximum atomic E-state index is 13.6. The molecule has 0 unspecified atom stereocenters. The van der Waals surface area contributed by atoms with Crippen molar-refractivity contribution in [1.82, 2.24) is 5.32 Å². The van der Waals surface area contributed by atoms with E-state index in [0.29, 0.717) is 25.7 Å². The number of hydrogen-bond acceptors (Lipinski definition) is 3. The largest absolute Gasteiger partial charge is 0.300 e. The predicted molar refractivity (Wildman–Crippen MR) is 93.7 cm³/mol. The van der Waals surface area contributed by atoms with Gasteiger partial charge in [0.15, 0.2) is 5.17 Å². The van der Waals surface area contributed by atoms with Crippen molar-refractivity contribution >= 4 is 57.8 Å². The summed E-state index contributed by atoms with van der Waals surface area (Å²) >= 11 is 13.2. The van der Waals surface area contributed by atoms with Crippen LogP contribution in [-0.2, 0) is 4.79 Å². The fraction of sp³-hybridized carbons (Fsp3) is 0. The Morgan fingerprint density at radius 3 is 2.70 bits per heavy atom. The van der Waals surface area contributed by atoms with E-state index in [2.05, 4.69) is 10.3 Å². The van der Waals surface area contributed by atoms with Gasteiger partial charge in [0.1, 0.15) is 11.5 Å². The molecule has 0 spiro atoms. The van der Waals surface area contributed by atoms with Crippen LogP contribution in [0.2, 0.25) is 10.0 Å². The minimum absolute atomic E-state index is 0.164. The lowest BCUT2D eigenvalue weighted by Crippen LogP contribution is -2.19. The Bertz CT molecular complexity index is 852. The summed E-state index contributed by atoms with van der Waals surface area (Å²) in [6.45, 7) is 0. The van der Waals surface area contributed by atoms with E-state index in [9.17, 15) is 9.18 Å². The number of nitrogens with zero attached hydrogens (tertiary/aromatic N) is 1. The number of para-hydroxylation sites is 1. The highest BCUT2D eigenvalue weighted by Crippen LogP contribution is 2.32. The lowest BCUT2D eigenvalue weighted by atomic mass is 10.2. The molecule has 1 fully saturated rings. The summed E-state index contributed by atoms with van der Waals surface area (Å²) in [7, 11) is 0. The first-order valence-electron chi connectivity index (χ1n) is 6.53. The number of rotatable bonds is 2. The standard InChI is InChI=1S/C16H9Cl2FN2OS/c17-10-5-3-4-9(14(10)18)8-13-15(22)21-16(23-13)20-12-7-2-1-6-11(12)19/h1-8H,(H,20,21,22)/b13-8-. The highest BCUT2D eigenvalue weighted by Gasteiger charge is 2.24. The van der Waals surface area contributed by atoms with Crippen LogP contribution < -0.4 is 5.32 Å². The summed E-state index contributed by atoms with van der Waals surface area (Å²) in [6, 6.07) is 11.2. The number of nitrogens with one attached hydrogen (secondary N) is 1. The van der Waals surface area contributed by atoms with E-state index in [1.54, 1.807) is 36.4 Å². The van der Waals surface area contributed by atoms with Gasteiger partial charge in [0.05, 0.1) is 15.0 Å². The second-order valence-corrected chi connectivity index (χ2v) is 6.39. The molecule has 0 aliphatic carbocycles. The van der Waals surface area contributed by atoms with Crippen LogP contribution in [0.5, 0.6) is 0 Å². The van der Waals surface area contributed by atoms with Crippen LogP contribution >= 0.6 is 35.0 Å². The highest BCUT2D eigenvalue weighted by atomic mass is 35.5. The summed E-state index contributed by atoms with van der Waals surface area (Å²) in [5.74, 6) is -0.772. The van der Waals surface area contributed by atoms with Crippen LogP contribution in [0.25, 0.3) is 6.08 Å². The van der Waals surface area contributed by atoms with Gasteiger partial charge in [0, 0.05) is 0 Å². The molecule has 0 atom stereocenters. The van der Waals surface area contributed by atoms with Crippen LogP contribution in [0.1, 0.15) is 5.56 Å². The van der Waals surface area contributed by atoms with Crippen molar-refractivity contribution < 1.29 is 9.18 Å². The number of carbonyl (C=O) groups excluding carboxylic acids is 1. The summed E-state index contributed by atoms with van der Waals surface area (Å²) in [6.07, 6.45) is 1.62. The van der Waals surface area contributed by atoms with Gasteiger partial charge in [0.25, 0.3) is 5.91 Å². The Kier molecular flexibility index (Phi) is 4.71. The molecule has 1 N–H and O–H groups in total. The van der Waals surface area contributed by atoms with Gasteiger partial charge in [0.2, 0.25) is 0 Å². The zero-order chi connectivity index (χ0) is 16.4. The molecule has 116 valence electrons. The Hall–Kier alpha value is -1.82. The number of carbonyl (C=O) groups is 1. The lowest BCUT2D eigenvalue weighted by Gasteiger charge is -2.00. The quantitative estimate of drug-likeness (QED) is 0.757. The van der Waals surface area contributed by atoms with Crippen molar-refractivity contribution in [3.63, 3.8) is 0 Å². The zero-order valence-corrected chi connectivity index (χ0v) is 13.8. The van der Waals surface area contributed by atoms with Gasteiger partial charge in [-0.05, 0) is 41.6 Å². The van der Waals surface area contributed by atoms with Gasteiger partial charge < -0.3 is 5.32 Å². The van der Waals surface area contributed by atoms with Gasteiger partial charge in [-0.1, -0.05) is 47.5 Å². The molecule has 23 heavy (non-hydrogen) atoms. The van der Waals surface area contributed by atoms with Crippen LogP contribution in [0, 0.1) is 5.82 Å². The molecular formula is C16H9Cl2FN2OS. The average molecular weight is 367 g/mol.